The Hall–Kier alpha value is -1.57. The molecule has 0 amide bonds. The van der Waals surface area contributed by atoms with Gasteiger partial charge in [0.05, 0.1) is 11.2 Å². The maximum atomic E-state index is 13.1. The molecule has 1 aliphatic rings. The SMILES string of the molecule is O=S(=O)(c1cnc(F)c(Cl)c1)N(Cc1cccnc1)C1CC1. The molecule has 2 heterocycles. The molecule has 0 N–H and O–H groups in total. The fourth-order valence-corrected chi connectivity index (χ4v) is 4.00. The third-order valence-electron chi connectivity index (χ3n) is 3.39. The van der Waals surface area contributed by atoms with Crippen molar-refractivity contribution in [1.82, 2.24) is 14.3 Å². The molecule has 0 spiro atoms. The quantitative estimate of drug-likeness (QED) is 0.784. The van der Waals surface area contributed by atoms with Crippen molar-refractivity contribution in [3.63, 3.8) is 0 Å². The Bertz CT molecular complexity index is 782. The van der Waals surface area contributed by atoms with Gasteiger partial charge in [-0.3, -0.25) is 4.98 Å². The summed E-state index contributed by atoms with van der Waals surface area (Å²) in [4.78, 5) is 7.29. The third kappa shape index (κ3) is 3.11. The van der Waals surface area contributed by atoms with Crippen molar-refractivity contribution >= 4 is 21.6 Å². The average molecular weight is 342 g/mol. The highest BCUT2D eigenvalue weighted by molar-refractivity contribution is 7.89. The minimum absolute atomic E-state index is 0.0472. The number of sulfonamides is 1. The Morgan fingerprint density at radius 2 is 2.14 bits per heavy atom. The molecule has 5 nitrogen and oxygen atoms in total. The van der Waals surface area contributed by atoms with Gasteiger partial charge in [-0.15, -0.1) is 0 Å². The van der Waals surface area contributed by atoms with Gasteiger partial charge in [-0.2, -0.15) is 8.70 Å². The monoisotopic (exact) mass is 341 g/mol. The molecule has 1 saturated carbocycles. The third-order valence-corrected chi connectivity index (χ3v) is 5.52. The van der Waals surface area contributed by atoms with Crippen LogP contribution in [0.5, 0.6) is 0 Å². The van der Waals surface area contributed by atoms with Crippen LogP contribution in [0, 0.1) is 5.95 Å². The summed E-state index contributed by atoms with van der Waals surface area (Å²) in [7, 11) is -3.78. The van der Waals surface area contributed by atoms with Crippen LogP contribution in [0.2, 0.25) is 5.02 Å². The lowest BCUT2D eigenvalue weighted by Gasteiger charge is -2.21. The van der Waals surface area contributed by atoms with E-state index in [0.29, 0.717) is 0 Å². The maximum Gasteiger partial charge on any atom is 0.245 e. The topological polar surface area (TPSA) is 63.2 Å². The zero-order valence-electron chi connectivity index (χ0n) is 11.5. The van der Waals surface area contributed by atoms with E-state index >= 15 is 0 Å². The number of aromatic nitrogens is 2. The van der Waals surface area contributed by atoms with Crippen LogP contribution in [0.4, 0.5) is 4.39 Å². The van der Waals surface area contributed by atoms with E-state index in [1.807, 2.05) is 6.07 Å². The molecule has 8 heteroatoms. The Kier molecular flexibility index (Phi) is 4.12. The first-order valence-electron chi connectivity index (χ1n) is 6.70. The molecule has 3 rings (SSSR count). The summed E-state index contributed by atoms with van der Waals surface area (Å²) in [6, 6.07) is 4.61. The molecule has 1 fully saturated rings. The molecular weight excluding hydrogens is 329 g/mol. The minimum Gasteiger partial charge on any atom is -0.264 e. The van der Waals surface area contributed by atoms with Gasteiger partial charge >= 0.3 is 0 Å². The molecule has 0 bridgehead atoms. The van der Waals surface area contributed by atoms with E-state index in [2.05, 4.69) is 9.97 Å². The second-order valence-corrected chi connectivity index (χ2v) is 7.38. The summed E-state index contributed by atoms with van der Waals surface area (Å²) in [5.74, 6) is -0.883. The Morgan fingerprint density at radius 3 is 2.73 bits per heavy atom. The molecule has 0 radical (unpaired) electrons. The van der Waals surface area contributed by atoms with Crippen LogP contribution < -0.4 is 0 Å². The van der Waals surface area contributed by atoms with Gasteiger partial charge in [-0.1, -0.05) is 17.7 Å². The summed E-state index contributed by atoms with van der Waals surface area (Å²) >= 11 is 5.65. The number of hydrogen-bond acceptors (Lipinski definition) is 4. The number of pyridine rings is 2. The number of hydrogen-bond donors (Lipinski definition) is 0. The van der Waals surface area contributed by atoms with Crippen molar-refractivity contribution in [2.45, 2.75) is 30.3 Å². The van der Waals surface area contributed by atoms with Crippen LogP contribution in [0.3, 0.4) is 0 Å². The summed E-state index contributed by atoms with van der Waals surface area (Å²) in [5, 5.41) is -0.307. The first-order chi connectivity index (χ1) is 10.5. The lowest BCUT2D eigenvalue weighted by molar-refractivity contribution is 0.398. The van der Waals surface area contributed by atoms with E-state index in [4.69, 9.17) is 11.6 Å². The number of nitrogens with zero attached hydrogens (tertiary/aromatic N) is 3. The maximum absolute atomic E-state index is 13.1. The Morgan fingerprint density at radius 1 is 1.36 bits per heavy atom. The largest absolute Gasteiger partial charge is 0.264 e. The fourth-order valence-electron chi connectivity index (χ4n) is 2.12. The van der Waals surface area contributed by atoms with Gasteiger partial charge in [0.15, 0.2) is 0 Å². The predicted molar refractivity (Wildman–Crippen MR) is 79.2 cm³/mol. The molecule has 0 atom stereocenters. The van der Waals surface area contributed by atoms with Gasteiger partial charge < -0.3 is 0 Å². The van der Waals surface area contributed by atoms with Crippen molar-refractivity contribution in [1.29, 1.82) is 0 Å². The van der Waals surface area contributed by atoms with Gasteiger partial charge in [0, 0.05) is 25.0 Å². The van der Waals surface area contributed by atoms with Gasteiger partial charge in [0.1, 0.15) is 4.90 Å². The smallest absolute Gasteiger partial charge is 0.245 e. The molecular formula is C14H13ClFN3O2S. The van der Waals surface area contributed by atoms with E-state index in [9.17, 15) is 12.8 Å². The van der Waals surface area contributed by atoms with Crippen LogP contribution in [0.15, 0.2) is 41.7 Å². The van der Waals surface area contributed by atoms with Crippen LogP contribution in [-0.2, 0) is 16.6 Å². The molecule has 1 aliphatic carbocycles. The van der Waals surface area contributed by atoms with E-state index in [-0.39, 0.29) is 22.5 Å². The highest BCUT2D eigenvalue weighted by Crippen LogP contribution is 2.33. The fraction of sp³-hybridized carbons (Fsp3) is 0.286. The molecule has 0 aliphatic heterocycles. The standard InChI is InChI=1S/C14H13ClFN3O2S/c15-13-6-12(8-18-14(13)16)22(20,21)19(11-3-4-11)9-10-2-1-5-17-7-10/h1-2,5-8,11H,3-4,9H2. The Labute approximate surface area is 132 Å². The molecule has 0 aromatic carbocycles. The molecule has 116 valence electrons. The van der Waals surface area contributed by atoms with Crippen molar-refractivity contribution in [3.8, 4) is 0 Å². The van der Waals surface area contributed by atoms with E-state index < -0.39 is 16.0 Å². The number of rotatable bonds is 5. The molecule has 22 heavy (non-hydrogen) atoms. The predicted octanol–water partition coefficient (Wildman–Crippen LogP) is 2.62. The highest BCUT2D eigenvalue weighted by atomic mass is 35.5. The lowest BCUT2D eigenvalue weighted by Crippen LogP contribution is -2.32. The summed E-state index contributed by atoms with van der Waals surface area (Å²) in [5.41, 5.74) is 0.791. The van der Waals surface area contributed by atoms with E-state index in [0.717, 1.165) is 30.7 Å². The second-order valence-electron chi connectivity index (χ2n) is 5.09. The highest BCUT2D eigenvalue weighted by Gasteiger charge is 2.38. The number of halogens is 2. The van der Waals surface area contributed by atoms with Crippen LogP contribution in [0.1, 0.15) is 18.4 Å². The van der Waals surface area contributed by atoms with Gasteiger partial charge in [-0.05, 0) is 30.5 Å². The van der Waals surface area contributed by atoms with Gasteiger partial charge in [0.2, 0.25) is 16.0 Å². The van der Waals surface area contributed by atoms with Crippen molar-refractivity contribution in [2.75, 3.05) is 0 Å². The molecule has 2 aromatic rings. The van der Waals surface area contributed by atoms with Crippen LogP contribution >= 0.6 is 11.6 Å². The van der Waals surface area contributed by atoms with Crippen molar-refractivity contribution < 1.29 is 12.8 Å². The summed E-state index contributed by atoms with van der Waals surface area (Å²) < 4.78 is 40.1. The average Bonchev–Trinajstić information content (AvgIpc) is 3.33. The van der Waals surface area contributed by atoms with Gasteiger partial charge in [0.25, 0.3) is 0 Å². The lowest BCUT2D eigenvalue weighted by atomic mass is 10.3. The van der Waals surface area contributed by atoms with Crippen LogP contribution in [0.25, 0.3) is 0 Å². The zero-order chi connectivity index (χ0) is 15.7. The molecule has 0 unspecified atom stereocenters. The summed E-state index contributed by atoms with van der Waals surface area (Å²) in [6.45, 7) is 0.218. The van der Waals surface area contributed by atoms with Gasteiger partial charge in [-0.25, -0.2) is 13.4 Å². The first-order valence-corrected chi connectivity index (χ1v) is 8.52. The molecule has 2 aromatic heterocycles. The van der Waals surface area contributed by atoms with E-state index in [1.54, 1.807) is 18.5 Å². The minimum atomic E-state index is -3.78. The van der Waals surface area contributed by atoms with Crippen molar-refractivity contribution in [2.24, 2.45) is 0 Å². The normalized spacial score (nSPS) is 15.2. The van der Waals surface area contributed by atoms with Crippen molar-refractivity contribution in [3.05, 3.63) is 53.3 Å². The zero-order valence-corrected chi connectivity index (χ0v) is 13.1. The second kappa shape index (κ2) is 5.91. The molecule has 0 saturated heterocycles. The van der Waals surface area contributed by atoms with Crippen LogP contribution in [-0.4, -0.2) is 28.7 Å². The first kappa shape index (κ1) is 15.3. The summed E-state index contributed by atoms with van der Waals surface area (Å²) in [6.07, 6.45) is 5.86. The Balaban J connectivity index is 1.94. The van der Waals surface area contributed by atoms with E-state index in [1.165, 1.54) is 4.31 Å².